The minimum Gasteiger partial charge on any atom is -0.314 e. The van der Waals surface area contributed by atoms with Crippen molar-refractivity contribution in [2.24, 2.45) is 0 Å². The Balaban J connectivity index is 0.00000220. The average Bonchev–Trinajstić information content (AvgIpc) is 2.41. The molecule has 0 saturated carbocycles. The highest BCUT2D eigenvalue weighted by molar-refractivity contribution is 5.85. The highest BCUT2D eigenvalue weighted by Crippen LogP contribution is 2.38. The summed E-state index contributed by atoms with van der Waals surface area (Å²) in [5.74, 6) is -0.851. The molecular formula is C14H20Cl2F4N2. The highest BCUT2D eigenvalue weighted by Gasteiger charge is 2.36. The van der Waals surface area contributed by atoms with Crippen LogP contribution in [0.1, 0.15) is 30.5 Å². The van der Waals surface area contributed by atoms with Crippen LogP contribution < -0.4 is 5.32 Å². The van der Waals surface area contributed by atoms with Gasteiger partial charge in [-0.25, -0.2) is 4.39 Å². The summed E-state index contributed by atoms with van der Waals surface area (Å²) < 4.78 is 52.4. The molecule has 128 valence electrons. The first-order valence-electron chi connectivity index (χ1n) is 6.75. The van der Waals surface area contributed by atoms with E-state index in [4.69, 9.17) is 0 Å². The Morgan fingerprint density at radius 1 is 1.18 bits per heavy atom. The lowest BCUT2D eigenvalue weighted by Crippen LogP contribution is -2.45. The summed E-state index contributed by atoms with van der Waals surface area (Å²) in [6, 6.07) is 2.65. The third-order valence-corrected chi connectivity index (χ3v) is 3.66. The van der Waals surface area contributed by atoms with Crippen molar-refractivity contribution in [3.63, 3.8) is 0 Å². The molecule has 1 saturated heterocycles. The quantitative estimate of drug-likeness (QED) is 0.816. The molecular weight excluding hydrogens is 343 g/mol. The van der Waals surface area contributed by atoms with Gasteiger partial charge in [-0.05, 0) is 24.1 Å². The van der Waals surface area contributed by atoms with Crippen LogP contribution >= 0.6 is 24.8 Å². The predicted molar refractivity (Wildman–Crippen MR) is 83.4 cm³/mol. The van der Waals surface area contributed by atoms with Gasteiger partial charge in [0.05, 0.1) is 5.56 Å². The Hall–Kier alpha value is -0.560. The second kappa shape index (κ2) is 8.91. The highest BCUT2D eigenvalue weighted by atomic mass is 35.5. The first-order valence-corrected chi connectivity index (χ1v) is 6.75. The molecule has 2 nitrogen and oxygen atoms in total. The zero-order valence-corrected chi connectivity index (χ0v) is 13.8. The summed E-state index contributed by atoms with van der Waals surface area (Å²) in [5.41, 5.74) is -0.689. The first kappa shape index (κ1) is 21.4. The van der Waals surface area contributed by atoms with Gasteiger partial charge in [0, 0.05) is 32.2 Å². The van der Waals surface area contributed by atoms with E-state index in [9.17, 15) is 17.6 Å². The molecule has 0 radical (unpaired) electrons. The van der Waals surface area contributed by atoms with E-state index in [0.29, 0.717) is 25.6 Å². The van der Waals surface area contributed by atoms with Crippen LogP contribution in [0.25, 0.3) is 0 Å². The van der Waals surface area contributed by atoms with Crippen LogP contribution in [0.3, 0.4) is 0 Å². The van der Waals surface area contributed by atoms with Gasteiger partial charge in [0.1, 0.15) is 5.82 Å². The zero-order valence-electron chi connectivity index (χ0n) is 12.1. The summed E-state index contributed by atoms with van der Waals surface area (Å²) >= 11 is 0. The number of hydrogen-bond acceptors (Lipinski definition) is 2. The van der Waals surface area contributed by atoms with Gasteiger partial charge >= 0.3 is 6.18 Å². The summed E-state index contributed by atoms with van der Waals surface area (Å²) in [7, 11) is 0. The Bertz CT molecular complexity index is 463. The minimum atomic E-state index is -4.53. The predicted octanol–water partition coefficient (Wildman–Crippen LogP) is 4.04. The van der Waals surface area contributed by atoms with Gasteiger partial charge < -0.3 is 5.32 Å². The molecule has 1 heterocycles. The van der Waals surface area contributed by atoms with E-state index < -0.39 is 17.6 Å². The van der Waals surface area contributed by atoms with E-state index in [0.717, 1.165) is 19.2 Å². The van der Waals surface area contributed by atoms with Crippen molar-refractivity contribution in [1.29, 1.82) is 0 Å². The van der Waals surface area contributed by atoms with E-state index in [1.807, 2.05) is 11.8 Å². The second-order valence-corrected chi connectivity index (χ2v) is 4.94. The molecule has 0 aliphatic carbocycles. The van der Waals surface area contributed by atoms with Gasteiger partial charge in [-0.2, -0.15) is 13.2 Å². The molecule has 1 aliphatic heterocycles. The van der Waals surface area contributed by atoms with Crippen LogP contribution in [0, 0.1) is 5.82 Å². The largest absolute Gasteiger partial charge is 0.416 e. The monoisotopic (exact) mass is 362 g/mol. The van der Waals surface area contributed by atoms with E-state index in [-0.39, 0.29) is 36.4 Å². The van der Waals surface area contributed by atoms with Crippen LogP contribution in [0.4, 0.5) is 17.6 Å². The Kier molecular flexibility index (Phi) is 8.69. The summed E-state index contributed by atoms with van der Waals surface area (Å²) in [4.78, 5) is 2.03. The number of nitrogens with one attached hydrogen (secondary N) is 1. The normalized spacial score (nSPS) is 17.3. The van der Waals surface area contributed by atoms with Crippen molar-refractivity contribution >= 4 is 24.8 Å². The fourth-order valence-corrected chi connectivity index (χ4v) is 2.73. The van der Waals surface area contributed by atoms with Crippen molar-refractivity contribution in [1.82, 2.24) is 10.2 Å². The third-order valence-electron chi connectivity index (χ3n) is 3.66. The van der Waals surface area contributed by atoms with E-state index in [1.165, 1.54) is 6.07 Å². The lowest BCUT2D eigenvalue weighted by atomic mass is 9.96. The standard InChI is InChI=1S/C14H18F4N2.2ClH/c1-2-13(20-7-5-19-6-8-20)11-4-3-10(15)9-12(11)14(16,17)18;;/h3-4,9,13,19H,2,5-8H2,1H3;2*1H/t13-;;/m0../s1. The minimum absolute atomic E-state index is 0. The number of nitrogens with zero attached hydrogens (tertiary/aromatic N) is 1. The van der Waals surface area contributed by atoms with Gasteiger partial charge in [0.2, 0.25) is 0 Å². The maximum absolute atomic E-state index is 13.2. The molecule has 1 N–H and O–H groups in total. The lowest BCUT2D eigenvalue weighted by molar-refractivity contribution is -0.139. The molecule has 0 amide bonds. The summed E-state index contributed by atoms with van der Waals surface area (Å²) in [5, 5.41) is 3.18. The SMILES string of the molecule is CC[C@@H](c1ccc(F)cc1C(F)(F)F)N1CCNCC1.Cl.Cl. The van der Waals surface area contributed by atoms with Crippen LogP contribution in [-0.4, -0.2) is 31.1 Å². The number of alkyl halides is 3. The molecule has 1 atom stereocenters. The van der Waals surface area contributed by atoms with Crippen molar-refractivity contribution < 1.29 is 17.6 Å². The molecule has 0 spiro atoms. The lowest BCUT2D eigenvalue weighted by Gasteiger charge is -2.35. The van der Waals surface area contributed by atoms with Crippen LogP contribution in [-0.2, 0) is 6.18 Å². The number of piperazine rings is 1. The van der Waals surface area contributed by atoms with Crippen molar-refractivity contribution in [2.75, 3.05) is 26.2 Å². The molecule has 1 fully saturated rings. The number of hydrogen-bond donors (Lipinski definition) is 1. The molecule has 1 aromatic carbocycles. The van der Waals surface area contributed by atoms with Crippen LogP contribution in [0.2, 0.25) is 0 Å². The molecule has 22 heavy (non-hydrogen) atoms. The molecule has 0 bridgehead atoms. The van der Waals surface area contributed by atoms with Gasteiger partial charge in [-0.3, -0.25) is 4.90 Å². The fourth-order valence-electron chi connectivity index (χ4n) is 2.73. The molecule has 1 aromatic rings. The first-order chi connectivity index (χ1) is 9.43. The fraction of sp³-hybridized carbons (Fsp3) is 0.571. The molecule has 1 aliphatic rings. The maximum atomic E-state index is 13.2. The van der Waals surface area contributed by atoms with Gasteiger partial charge in [0.15, 0.2) is 0 Å². The Labute approximate surface area is 140 Å². The number of benzene rings is 1. The third kappa shape index (κ3) is 4.98. The second-order valence-electron chi connectivity index (χ2n) is 4.94. The topological polar surface area (TPSA) is 15.3 Å². The van der Waals surface area contributed by atoms with E-state index in [1.54, 1.807) is 0 Å². The average molecular weight is 363 g/mol. The molecule has 0 unspecified atom stereocenters. The maximum Gasteiger partial charge on any atom is 0.416 e. The van der Waals surface area contributed by atoms with Gasteiger partial charge in [0.25, 0.3) is 0 Å². The van der Waals surface area contributed by atoms with Gasteiger partial charge in [-0.15, -0.1) is 24.8 Å². The Morgan fingerprint density at radius 2 is 1.77 bits per heavy atom. The number of rotatable bonds is 3. The molecule has 0 aromatic heterocycles. The van der Waals surface area contributed by atoms with Crippen molar-refractivity contribution in [3.8, 4) is 0 Å². The van der Waals surface area contributed by atoms with E-state index >= 15 is 0 Å². The molecule has 2 rings (SSSR count). The Morgan fingerprint density at radius 3 is 2.27 bits per heavy atom. The van der Waals surface area contributed by atoms with E-state index in [2.05, 4.69) is 5.32 Å². The van der Waals surface area contributed by atoms with Crippen molar-refractivity contribution in [3.05, 3.63) is 35.1 Å². The number of halogens is 6. The van der Waals surface area contributed by atoms with Crippen LogP contribution in [0.5, 0.6) is 0 Å². The summed E-state index contributed by atoms with van der Waals surface area (Å²) in [6.45, 7) is 4.79. The smallest absolute Gasteiger partial charge is 0.314 e. The summed E-state index contributed by atoms with van der Waals surface area (Å²) in [6.07, 6.45) is -3.96. The van der Waals surface area contributed by atoms with Crippen molar-refractivity contribution in [2.45, 2.75) is 25.6 Å². The van der Waals surface area contributed by atoms with Gasteiger partial charge in [-0.1, -0.05) is 13.0 Å². The zero-order chi connectivity index (χ0) is 14.8. The molecule has 8 heteroatoms. The van der Waals surface area contributed by atoms with Crippen LogP contribution in [0.15, 0.2) is 18.2 Å².